The Bertz CT molecular complexity index is 769. The summed E-state index contributed by atoms with van der Waals surface area (Å²) in [5.41, 5.74) is 2.21. The summed E-state index contributed by atoms with van der Waals surface area (Å²) in [7, 11) is 0. The Balaban J connectivity index is 1.38. The normalized spacial score (nSPS) is 15.0. The highest BCUT2D eigenvalue weighted by molar-refractivity contribution is 5.94. The van der Waals surface area contributed by atoms with Crippen molar-refractivity contribution in [3.8, 4) is 0 Å². The molecule has 0 spiro atoms. The number of hydrogen-bond donors (Lipinski definition) is 2. The molecular formula is C21H25N4O2+. The topological polar surface area (TPSA) is 66.7 Å². The molecule has 2 amide bonds. The van der Waals surface area contributed by atoms with E-state index in [4.69, 9.17) is 0 Å². The van der Waals surface area contributed by atoms with Crippen LogP contribution in [0.3, 0.4) is 0 Å². The fraction of sp³-hybridized carbons (Fsp3) is 0.286. The number of nitrogens with one attached hydrogen (secondary N) is 2. The second-order valence-electron chi connectivity index (χ2n) is 6.62. The predicted molar refractivity (Wildman–Crippen MR) is 104 cm³/mol. The molecule has 0 radical (unpaired) electrons. The SMILES string of the molecule is O=C(/C=C/c1ccccc1)NCC(=O)N1CC[NH+](Cc2ccncc2)CC1. The molecule has 0 unspecified atom stereocenters. The zero-order chi connectivity index (χ0) is 18.9. The summed E-state index contributed by atoms with van der Waals surface area (Å²) in [4.78, 5) is 31.5. The van der Waals surface area contributed by atoms with Crippen molar-refractivity contribution in [1.29, 1.82) is 0 Å². The Morgan fingerprint density at radius 1 is 1.07 bits per heavy atom. The van der Waals surface area contributed by atoms with Crippen molar-refractivity contribution in [2.75, 3.05) is 32.7 Å². The molecule has 1 fully saturated rings. The van der Waals surface area contributed by atoms with Crippen LogP contribution in [0, 0.1) is 0 Å². The first-order valence-corrected chi connectivity index (χ1v) is 9.22. The number of carbonyl (C=O) groups excluding carboxylic acids is 2. The molecule has 0 saturated carbocycles. The van der Waals surface area contributed by atoms with E-state index in [2.05, 4.69) is 10.3 Å². The van der Waals surface area contributed by atoms with Crippen molar-refractivity contribution in [2.45, 2.75) is 6.54 Å². The summed E-state index contributed by atoms with van der Waals surface area (Å²) >= 11 is 0. The molecule has 0 aliphatic carbocycles. The van der Waals surface area contributed by atoms with Gasteiger partial charge in [-0.25, -0.2) is 0 Å². The third kappa shape index (κ3) is 6.04. The number of benzene rings is 1. The Hall–Kier alpha value is -2.99. The lowest BCUT2D eigenvalue weighted by Gasteiger charge is -2.32. The van der Waals surface area contributed by atoms with Crippen LogP contribution in [-0.2, 0) is 16.1 Å². The van der Waals surface area contributed by atoms with Crippen LogP contribution < -0.4 is 10.2 Å². The van der Waals surface area contributed by atoms with Crippen molar-refractivity contribution in [3.63, 3.8) is 0 Å². The monoisotopic (exact) mass is 365 g/mol. The van der Waals surface area contributed by atoms with Crippen molar-refractivity contribution in [2.24, 2.45) is 0 Å². The van der Waals surface area contributed by atoms with Gasteiger partial charge in [-0.2, -0.15) is 0 Å². The average molecular weight is 365 g/mol. The van der Waals surface area contributed by atoms with Gasteiger partial charge in [-0.05, 0) is 23.8 Å². The predicted octanol–water partition coefficient (Wildman–Crippen LogP) is 0.138. The van der Waals surface area contributed by atoms with E-state index < -0.39 is 0 Å². The van der Waals surface area contributed by atoms with Gasteiger partial charge in [0, 0.05) is 24.0 Å². The Morgan fingerprint density at radius 3 is 2.48 bits per heavy atom. The van der Waals surface area contributed by atoms with Gasteiger partial charge in [0.2, 0.25) is 11.8 Å². The lowest BCUT2D eigenvalue weighted by Crippen LogP contribution is -3.13. The third-order valence-electron chi connectivity index (χ3n) is 4.67. The first-order chi connectivity index (χ1) is 13.2. The van der Waals surface area contributed by atoms with Crippen molar-refractivity contribution in [3.05, 3.63) is 72.1 Å². The number of hydrogen-bond acceptors (Lipinski definition) is 3. The summed E-state index contributed by atoms with van der Waals surface area (Å²) in [6.45, 7) is 4.25. The molecule has 1 aliphatic heterocycles. The number of aromatic nitrogens is 1. The largest absolute Gasteiger partial charge is 0.343 e. The summed E-state index contributed by atoms with van der Waals surface area (Å²) in [6.07, 6.45) is 6.81. The molecule has 0 atom stereocenters. The van der Waals surface area contributed by atoms with Crippen LogP contribution in [-0.4, -0.2) is 54.4 Å². The number of quaternary nitrogens is 1. The van der Waals surface area contributed by atoms with E-state index in [0.29, 0.717) is 0 Å². The number of piperazine rings is 1. The van der Waals surface area contributed by atoms with Crippen molar-refractivity contribution >= 4 is 17.9 Å². The van der Waals surface area contributed by atoms with Crippen LogP contribution in [0.25, 0.3) is 6.08 Å². The van der Waals surface area contributed by atoms with Gasteiger partial charge in [0.25, 0.3) is 0 Å². The highest BCUT2D eigenvalue weighted by Crippen LogP contribution is 2.00. The Morgan fingerprint density at radius 2 is 1.78 bits per heavy atom. The van der Waals surface area contributed by atoms with Gasteiger partial charge in [-0.1, -0.05) is 30.3 Å². The smallest absolute Gasteiger partial charge is 0.244 e. The van der Waals surface area contributed by atoms with Gasteiger partial charge < -0.3 is 15.1 Å². The van der Waals surface area contributed by atoms with E-state index in [0.717, 1.165) is 38.3 Å². The molecule has 1 aromatic heterocycles. The van der Waals surface area contributed by atoms with E-state index >= 15 is 0 Å². The third-order valence-corrected chi connectivity index (χ3v) is 4.67. The minimum absolute atomic E-state index is 0.0283. The van der Waals surface area contributed by atoms with Gasteiger partial charge in [0.15, 0.2) is 0 Å². The molecule has 6 heteroatoms. The summed E-state index contributed by atoms with van der Waals surface area (Å²) in [5.74, 6) is -0.284. The van der Waals surface area contributed by atoms with E-state index in [1.165, 1.54) is 16.5 Å². The summed E-state index contributed by atoms with van der Waals surface area (Å²) < 4.78 is 0. The van der Waals surface area contributed by atoms with Crippen molar-refractivity contribution < 1.29 is 14.5 Å². The first-order valence-electron chi connectivity index (χ1n) is 9.22. The molecule has 1 aliphatic rings. The van der Waals surface area contributed by atoms with Crippen LogP contribution in [0.15, 0.2) is 60.9 Å². The highest BCUT2D eigenvalue weighted by atomic mass is 16.2. The van der Waals surface area contributed by atoms with Gasteiger partial charge in [0.05, 0.1) is 32.7 Å². The molecule has 6 nitrogen and oxygen atoms in total. The van der Waals surface area contributed by atoms with E-state index in [9.17, 15) is 9.59 Å². The number of amides is 2. The molecule has 2 N–H and O–H groups in total. The van der Waals surface area contributed by atoms with Crippen molar-refractivity contribution in [1.82, 2.24) is 15.2 Å². The molecule has 27 heavy (non-hydrogen) atoms. The van der Waals surface area contributed by atoms with Gasteiger partial charge in [-0.3, -0.25) is 14.6 Å². The Labute approximate surface area is 159 Å². The molecule has 2 aromatic rings. The number of nitrogens with zero attached hydrogens (tertiary/aromatic N) is 2. The number of pyridine rings is 1. The standard InChI is InChI=1S/C21H24N4O2/c26-20(7-6-18-4-2-1-3-5-18)23-16-21(27)25-14-12-24(13-15-25)17-19-8-10-22-11-9-19/h1-11H,12-17H2,(H,23,26)/p+1/b7-6+. The molecule has 2 heterocycles. The molecule has 0 bridgehead atoms. The maximum atomic E-state index is 12.3. The van der Waals surface area contributed by atoms with Gasteiger partial charge in [0.1, 0.15) is 6.54 Å². The molecular weight excluding hydrogens is 340 g/mol. The second-order valence-corrected chi connectivity index (χ2v) is 6.62. The summed E-state index contributed by atoms with van der Waals surface area (Å²) in [5, 5.41) is 2.67. The highest BCUT2D eigenvalue weighted by Gasteiger charge is 2.23. The lowest BCUT2D eigenvalue weighted by molar-refractivity contribution is -0.917. The summed E-state index contributed by atoms with van der Waals surface area (Å²) in [6, 6.07) is 13.7. The average Bonchev–Trinajstić information content (AvgIpc) is 2.72. The first kappa shape index (κ1) is 18.8. The van der Waals surface area contributed by atoms with Crippen LogP contribution in [0.1, 0.15) is 11.1 Å². The molecule has 140 valence electrons. The van der Waals surface area contributed by atoms with E-state index in [1.54, 1.807) is 6.08 Å². The molecule has 1 aromatic carbocycles. The maximum absolute atomic E-state index is 12.3. The van der Waals surface area contributed by atoms with E-state index in [-0.39, 0.29) is 18.4 Å². The van der Waals surface area contributed by atoms with Crippen LogP contribution in [0.5, 0.6) is 0 Å². The quantitative estimate of drug-likeness (QED) is 0.716. The molecule has 1 saturated heterocycles. The zero-order valence-electron chi connectivity index (χ0n) is 15.3. The van der Waals surface area contributed by atoms with Gasteiger partial charge in [-0.15, -0.1) is 0 Å². The Kier molecular flexibility index (Phi) is 6.71. The fourth-order valence-corrected chi connectivity index (χ4v) is 3.11. The van der Waals surface area contributed by atoms with E-state index in [1.807, 2.05) is 59.8 Å². The lowest BCUT2D eigenvalue weighted by atomic mass is 10.2. The minimum atomic E-state index is -0.255. The van der Waals surface area contributed by atoms with Crippen LogP contribution in [0.4, 0.5) is 0 Å². The van der Waals surface area contributed by atoms with Crippen LogP contribution >= 0.6 is 0 Å². The number of rotatable bonds is 6. The maximum Gasteiger partial charge on any atom is 0.244 e. The second kappa shape index (κ2) is 9.64. The zero-order valence-corrected chi connectivity index (χ0v) is 15.3. The minimum Gasteiger partial charge on any atom is -0.343 e. The fourth-order valence-electron chi connectivity index (χ4n) is 3.11. The van der Waals surface area contributed by atoms with Gasteiger partial charge >= 0.3 is 0 Å². The van der Waals surface area contributed by atoms with Crippen LogP contribution in [0.2, 0.25) is 0 Å². The number of carbonyl (C=O) groups is 2. The molecule has 3 rings (SSSR count).